The largest absolute Gasteiger partial charge is 0.265 e. The van der Waals surface area contributed by atoms with Crippen LogP contribution in [0.4, 0.5) is 0 Å². The van der Waals surface area contributed by atoms with E-state index >= 15 is 0 Å². The van der Waals surface area contributed by atoms with Crippen molar-refractivity contribution in [3.63, 3.8) is 0 Å². The molecule has 0 radical (unpaired) electrons. The van der Waals surface area contributed by atoms with Gasteiger partial charge in [0.05, 0.1) is 5.33 Å². The minimum absolute atomic E-state index is 0.978. The fourth-order valence-electron chi connectivity index (χ4n) is 1.44. The van der Waals surface area contributed by atoms with Crippen LogP contribution in [-0.4, -0.2) is 10.3 Å². The quantitative estimate of drug-likeness (QED) is 0.614. The van der Waals surface area contributed by atoms with Crippen LogP contribution in [0.3, 0.4) is 0 Å². The van der Waals surface area contributed by atoms with Crippen LogP contribution in [0.1, 0.15) is 0 Å². The first-order valence-corrected chi connectivity index (χ1v) is 5.98. The summed E-state index contributed by atoms with van der Waals surface area (Å²) in [4.78, 5) is 4.01. The molecule has 76 valence electrons. The highest BCUT2D eigenvalue weighted by Crippen LogP contribution is 2.15. The van der Waals surface area contributed by atoms with Crippen molar-refractivity contribution in [3.05, 3.63) is 49.1 Å². The first-order chi connectivity index (χ1) is 7.40. The number of aryl methyl sites for hydroxylation is 1. The third kappa shape index (κ3) is 2.63. The van der Waals surface area contributed by atoms with Crippen LogP contribution in [0.2, 0.25) is 0 Å². The van der Waals surface area contributed by atoms with E-state index in [2.05, 4.69) is 50.0 Å². The first-order valence-electron chi connectivity index (χ1n) is 4.85. The minimum Gasteiger partial charge on any atom is -0.265 e. The molecule has 2 heterocycles. The maximum absolute atomic E-state index is 4.01. The van der Waals surface area contributed by atoms with E-state index in [-0.39, 0.29) is 0 Å². The van der Waals surface area contributed by atoms with Gasteiger partial charge in [-0.25, -0.2) is 4.57 Å². The van der Waals surface area contributed by atoms with Crippen molar-refractivity contribution in [2.75, 3.05) is 5.33 Å². The molecular weight excluding hydrogens is 252 g/mol. The van der Waals surface area contributed by atoms with Crippen molar-refractivity contribution in [3.8, 4) is 11.1 Å². The Hall–Kier alpha value is -1.22. The lowest BCUT2D eigenvalue weighted by atomic mass is 10.1. The molecule has 15 heavy (non-hydrogen) atoms. The van der Waals surface area contributed by atoms with E-state index in [4.69, 9.17) is 0 Å². The van der Waals surface area contributed by atoms with Gasteiger partial charge in [-0.15, -0.1) is 0 Å². The molecule has 0 aromatic carbocycles. The predicted octanol–water partition coefficient (Wildman–Crippen LogP) is 2.43. The van der Waals surface area contributed by atoms with Gasteiger partial charge in [-0.2, -0.15) is 0 Å². The Morgan fingerprint density at radius 2 is 1.60 bits per heavy atom. The van der Waals surface area contributed by atoms with Gasteiger partial charge in [-0.1, -0.05) is 15.9 Å². The second-order valence-corrected chi connectivity index (χ2v) is 4.04. The number of rotatable bonds is 3. The molecule has 2 aromatic heterocycles. The topological polar surface area (TPSA) is 16.8 Å². The Morgan fingerprint density at radius 1 is 1.00 bits per heavy atom. The van der Waals surface area contributed by atoms with E-state index in [0.29, 0.717) is 0 Å². The van der Waals surface area contributed by atoms with Crippen LogP contribution in [0, 0.1) is 0 Å². The van der Waals surface area contributed by atoms with Gasteiger partial charge in [-0.05, 0) is 23.3 Å². The lowest BCUT2D eigenvalue weighted by Crippen LogP contribution is -2.33. The molecule has 0 N–H and O–H groups in total. The molecule has 3 heteroatoms. The summed E-state index contributed by atoms with van der Waals surface area (Å²) < 4.78 is 2.15. The van der Waals surface area contributed by atoms with Crippen LogP contribution in [0.5, 0.6) is 0 Å². The van der Waals surface area contributed by atoms with Crippen LogP contribution in [0.15, 0.2) is 49.1 Å². The van der Waals surface area contributed by atoms with E-state index in [1.807, 2.05) is 24.5 Å². The molecular formula is C12H12BrN2+. The Balaban J connectivity index is 2.24. The Bertz CT molecular complexity index is 411. The van der Waals surface area contributed by atoms with Crippen molar-refractivity contribution in [1.29, 1.82) is 0 Å². The molecule has 2 rings (SSSR count). The van der Waals surface area contributed by atoms with Gasteiger partial charge < -0.3 is 0 Å². The standard InChI is InChI=1S/C12H12BrN2/c13-5-10-15-8-3-12(4-9-15)11-1-6-14-7-2-11/h1-4,6-9H,5,10H2/q+1. The molecule has 0 saturated carbocycles. The highest BCUT2D eigenvalue weighted by molar-refractivity contribution is 9.09. The predicted molar refractivity (Wildman–Crippen MR) is 63.7 cm³/mol. The molecule has 0 fully saturated rings. The maximum atomic E-state index is 4.01. The summed E-state index contributed by atoms with van der Waals surface area (Å²) >= 11 is 3.42. The zero-order chi connectivity index (χ0) is 10.5. The van der Waals surface area contributed by atoms with Crippen LogP contribution in [-0.2, 0) is 6.54 Å². The van der Waals surface area contributed by atoms with Gasteiger partial charge in [0.25, 0.3) is 0 Å². The number of hydrogen-bond acceptors (Lipinski definition) is 1. The zero-order valence-electron chi connectivity index (χ0n) is 8.31. The summed E-state index contributed by atoms with van der Waals surface area (Å²) in [5.74, 6) is 0. The van der Waals surface area contributed by atoms with Crippen LogP contribution >= 0.6 is 15.9 Å². The van der Waals surface area contributed by atoms with Gasteiger partial charge in [-0.3, -0.25) is 4.98 Å². The summed E-state index contributed by atoms with van der Waals surface area (Å²) in [7, 11) is 0. The maximum Gasteiger partial charge on any atom is 0.169 e. The first kappa shape index (κ1) is 10.3. The molecule has 0 aliphatic rings. The zero-order valence-corrected chi connectivity index (χ0v) is 9.89. The Kier molecular flexibility index (Phi) is 3.45. The molecule has 0 unspecified atom stereocenters. The fourth-order valence-corrected chi connectivity index (χ4v) is 1.85. The number of halogens is 1. The summed E-state index contributed by atoms with van der Waals surface area (Å²) in [6, 6.07) is 8.28. The number of pyridine rings is 2. The molecule has 2 nitrogen and oxygen atoms in total. The van der Waals surface area contributed by atoms with E-state index in [1.54, 1.807) is 0 Å². The number of hydrogen-bond donors (Lipinski definition) is 0. The summed E-state index contributed by atoms with van der Waals surface area (Å²) in [6.45, 7) is 0.997. The number of nitrogens with zero attached hydrogens (tertiary/aromatic N) is 2. The monoisotopic (exact) mass is 263 g/mol. The summed E-state index contributed by atoms with van der Waals surface area (Å²) in [5.41, 5.74) is 2.43. The lowest BCUT2D eigenvalue weighted by molar-refractivity contribution is -0.692. The normalized spacial score (nSPS) is 10.2. The lowest BCUT2D eigenvalue weighted by Gasteiger charge is -1.99. The van der Waals surface area contributed by atoms with Gasteiger partial charge in [0, 0.05) is 24.5 Å². The molecule has 0 bridgehead atoms. The third-order valence-corrected chi connectivity index (χ3v) is 2.60. The van der Waals surface area contributed by atoms with Gasteiger partial charge >= 0.3 is 0 Å². The van der Waals surface area contributed by atoms with E-state index in [1.165, 1.54) is 11.1 Å². The highest BCUT2D eigenvalue weighted by atomic mass is 79.9. The van der Waals surface area contributed by atoms with Crippen LogP contribution < -0.4 is 4.57 Å². The van der Waals surface area contributed by atoms with Crippen molar-refractivity contribution >= 4 is 15.9 Å². The number of alkyl halides is 1. The van der Waals surface area contributed by atoms with E-state index in [0.717, 1.165) is 11.9 Å². The van der Waals surface area contributed by atoms with Crippen molar-refractivity contribution in [2.45, 2.75) is 6.54 Å². The van der Waals surface area contributed by atoms with Gasteiger partial charge in [0.15, 0.2) is 18.9 Å². The molecule has 0 saturated heterocycles. The SMILES string of the molecule is BrCC[n+]1ccc(-c2ccncc2)cc1. The van der Waals surface area contributed by atoms with Crippen molar-refractivity contribution < 1.29 is 4.57 Å². The fraction of sp³-hybridized carbons (Fsp3) is 0.167. The van der Waals surface area contributed by atoms with Crippen molar-refractivity contribution in [1.82, 2.24) is 4.98 Å². The number of aromatic nitrogens is 2. The average molecular weight is 264 g/mol. The van der Waals surface area contributed by atoms with Crippen LogP contribution in [0.25, 0.3) is 11.1 Å². The summed E-state index contributed by atoms with van der Waals surface area (Å²) in [5, 5.41) is 0.978. The van der Waals surface area contributed by atoms with Gasteiger partial charge in [0.1, 0.15) is 0 Å². The van der Waals surface area contributed by atoms with E-state index < -0.39 is 0 Å². The smallest absolute Gasteiger partial charge is 0.169 e. The molecule has 0 aliphatic heterocycles. The average Bonchev–Trinajstić information content (AvgIpc) is 2.32. The molecule has 2 aromatic rings. The Labute approximate surface area is 97.7 Å². The van der Waals surface area contributed by atoms with E-state index in [9.17, 15) is 0 Å². The van der Waals surface area contributed by atoms with Crippen molar-refractivity contribution in [2.24, 2.45) is 0 Å². The second kappa shape index (κ2) is 5.03. The summed E-state index contributed by atoms with van der Waals surface area (Å²) in [6.07, 6.45) is 7.82. The second-order valence-electron chi connectivity index (χ2n) is 3.25. The molecule has 0 aliphatic carbocycles. The third-order valence-electron chi connectivity index (χ3n) is 2.25. The Morgan fingerprint density at radius 3 is 2.20 bits per heavy atom. The molecule has 0 atom stereocenters. The van der Waals surface area contributed by atoms with Gasteiger partial charge in [0.2, 0.25) is 0 Å². The minimum atomic E-state index is 0.978. The molecule has 0 amide bonds. The highest BCUT2D eigenvalue weighted by Gasteiger charge is 2.01. The molecule has 0 spiro atoms.